The number of piperazine rings is 1. The van der Waals surface area contributed by atoms with Gasteiger partial charge in [0.2, 0.25) is 11.8 Å². The largest absolute Gasteiger partial charge is 0.439 e. The molecular formula is C24H23F3N6O3. The third-order valence-electron chi connectivity index (χ3n) is 5.80. The van der Waals surface area contributed by atoms with Crippen molar-refractivity contribution in [2.45, 2.75) is 32.1 Å². The molecule has 0 spiro atoms. The molecule has 3 aromatic rings. The third-order valence-corrected chi connectivity index (χ3v) is 5.80. The maximum absolute atomic E-state index is 12.7. The van der Waals surface area contributed by atoms with Gasteiger partial charge in [-0.25, -0.2) is 15.0 Å². The molecule has 188 valence electrons. The number of primary amides is 1. The van der Waals surface area contributed by atoms with Gasteiger partial charge in [-0.2, -0.15) is 13.2 Å². The molecule has 1 aliphatic rings. The molecule has 3 heterocycles. The number of halogens is 3. The van der Waals surface area contributed by atoms with Crippen LogP contribution in [0.4, 0.5) is 13.2 Å². The molecular weight excluding hydrogens is 477 g/mol. The second-order valence-electron chi connectivity index (χ2n) is 8.68. The number of carbonyl (C=O) groups excluding carboxylic acids is 2. The Hall–Kier alpha value is -4.06. The number of aromatic nitrogens is 3. The average Bonchev–Trinajstić information content (AvgIpc) is 2.82. The third kappa shape index (κ3) is 5.43. The minimum Gasteiger partial charge on any atom is -0.439 e. The first-order valence-corrected chi connectivity index (χ1v) is 11.0. The van der Waals surface area contributed by atoms with Gasteiger partial charge in [-0.15, -0.1) is 0 Å². The van der Waals surface area contributed by atoms with Crippen molar-refractivity contribution in [2.75, 3.05) is 13.1 Å². The number of rotatable bonds is 6. The molecule has 9 nitrogen and oxygen atoms in total. The number of amides is 2. The molecule has 0 saturated carbocycles. The molecule has 0 atom stereocenters. The Labute approximate surface area is 204 Å². The standard InChI is InChI=1S/C24H23F3N6O3/c1-23(2)22(35)29-9-10-33(23)13-16-11-18(20(28)34)32-21(31-16)14-3-6-17(7-4-14)36-19-8-5-15(12-30-19)24(25,26)27/h3-8,11-12H,9-10,13H2,1-2H3,(H2,28,34)(H,29,35). The van der Waals surface area contributed by atoms with Crippen LogP contribution >= 0.6 is 0 Å². The molecule has 4 rings (SSSR count). The zero-order chi connectivity index (χ0) is 26.1. The highest BCUT2D eigenvalue weighted by Gasteiger charge is 2.37. The highest BCUT2D eigenvalue weighted by molar-refractivity contribution is 5.91. The van der Waals surface area contributed by atoms with E-state index in [1.54, 1.807) is 24.3 Å². The lowest BCUT2D eigenvalue weighted by Gasteiger charge is -2.40. The van der Waals surface area contributed by atoms with E-state index in [0.717, 1.165) is 12.1 Å². The number of pyridine rings is 1. The molecule has 3 N–H and O–H groups in total. The van der Waals surface area contributed by atoms with E-state index in [1.807, 2.05) is 18.7 Å². The van der Waals surface area contributed by atoms with Gasteiger partial charge in [0.1, 0.15) is 11.4 Å². The molecule has 36 heavy (non-hydrogen) atoms. The number of nitrogens with one attached hydrogen (secondary N) is 1. The summed E-state index contributed by atoms with van der Waals surface area (Å²) >= 11 is 0. The molecule has 1 fully saturated rings. The minimum atomic E-state index is -4.48. The van der Waals surface area contributed by atoms with E-state index in [9.17, 15) is 22.8 Å². The minimum absolute atomic E-state index is 0.00167. The lowest BCUT2D eigenvalue weighted by Crippen LogP contribution is -2.61. The topological polar surface area (TPSA) is 123 Å². The van der Waals surface area contributed by atoms with E-state index in [2.05, 4.69) is 20.3 Å². The summed E-state index contributed by atoms with van der Waals surface area (Å²) in [5, 5.41) is 2.83. The average molecular weight is 500 g/mol. The molecule has 0 aliphatic carbocycles. The second-order valence-corrected chi connectivity index (χ2v) is 8.68. The zero-order valence-corrected chi connectivity index (χ0v) is 19.5. The Morgan fingerprint density at radius 3 is 2.50 bits per heavy atom. The van der Waals surface area contributed by atoms with E-state index in [0.29, 0.717) is 42.8 Å². The maximum Gasteiger partial charge on any atom is 0.417 e. The summed E-state index contributed by atoms with van der Waals surface area (Å²) in [6, 6.07) is 9.95. The Balaban J connectivity index is 1.55. The van der Waals surface area contributed by atoms with Crippen LogP contribution in [-0.2, 0) is 17.5 Å². The van der Waals surface area contributed by atoms with E-state index in [1.165, 1.54) is 6.07 Å². The predicted molar refractivity (Wildman–Crippen MR) is 123 cm³/mol. The van der Waals surface area contributed by atoms with Crippen molar-refractivity contribution in [3.8, 4) is 23.0 Å². The number of benzene rings is 1. The lowest BCUT2D eigenvalue weighted by molar-refractivity contribution is -0.138. The first kappa shape index (κ1) is 25.0. The summed E-state index contributed by atoms with van der Waals surface area (Å²) in [6.07, 6.45) is -3.79. The summed E-state index contributed by atoms with van der Waals surface area (Å²) in [5.41, 5.74) is 4.95. The Bertz CT molecular complexity index is 1280. The van der Waals surface area contributed by atoms with Crippen LogP contribution in [0, 0.1) is 0 Å². The van der Waals surface area contributed by atoms with Gasteiger partial charge in [0.05, 0.1) is 16.8 Å². The quantitative estimate of drug-likeness (QED) is 0.533. The van der Waals surface area contributed by atoms with E-state index < -0.39 is 23.2 Å². The van der Waals surface area contributed by atoms with E-state index >= 15 is 0 Å². The summed E-state index contributed by atoms with van der Waals surface area (Å²) in [6.45, 7) is 5.02. The van der Waals surface area contributed by atoms with Crippen LogP contribution in [0.15, 0.2) is 48.7 Å². The fourth-order valence-corrected chi connectivity index (χ4v) is 3.65. The van der Waals surface area contributed by atoms with Crippen LogP contribution in [0.25, 0.3) is 11.4 Å². The Morgan fingerprint density at radius 1 is 1.17 bits per heavy atom. The molecule has 2 aromatic heterocycles. The molecule has 1 aliphatic heterocycles. The van der Waals surface area contributed by atoms with Gasteiger partial charge in [0.15, 0.2) is 5.82 Å². The smallest absolute Gasteiger partial charge is 0.417 e. The second kappa shape index (κ2) is 9.53. The van der Waals surface area contributed by atoms with Crippen LogP contribution in [0.5, 0.6) is 11.6 Å². The van der Waals surface area contributed by atoms with E-state index in [4.69, 9.17) is 10.5 Å². The van der Waals surface area contributed by atoms with Gasteiger partial charge >= 0.3 is 6.18 Å². The normalized spacial score (nSPS) is 15.9. The number of carbonyl (C=O) groups is 2. The highest BCUT2D eigenvalue weighted by atomic mass is 19.4. The van der Waals surface area contributed by atoms with Gasteiger partial charge in [0, 0.05) is 37.5 Å². The van der Waals surface area contributed by atoms with Gasteiger partial charge < -0.3 is 15.8 Å². The van der Waals surface area contributed by atoms with E-state index in [-0.39, 0.29) is 23.3 Å². The van der Waals surface area contributed by atoms with Crippen LogP contribution in [-0.4, -0.2) is 50.3 Å². The van der Waals surface area contributed by atoms with Crippen molar-refractivity contribution < 1.29 is 27.5 Å². The van der Waals surface area contributed by atoms with Crippen LogP contribution < -0.4 is 15.8 Å². The molecule has 1 aromatic carbocycles. The fraction of sp³-hybridized carbons (Fsp3) is 0.292. The summed E-state index contributed by atoms with van der Waals surface area (Å²) in [5.74, 6) is -0.239. The predicted octanol–water partition coefficient (Wildman–Crippen LogP) is 3.16. The van der Waals surface area contributed by atoms with Gasteiger partial charge in [-0.05, 0) is 50.2 Å². The number of hydrogen-bond acceptors (Lipinski definition) is 7. The molecule has 12 heteroatoms. The molecule has 0 unspecified atom stereocenters. The zero-order valence-electron chi connectivity index (χ0n) is 19.5. The number of ether oxygens (including phenoxy) is 1. The first-order valence-electron chi connectivity index (χ1n) is 11.0. The van der Waals surface area contributed by atoms with Gasteiger partial charge in [-0.3, -0.25) is 14.5 Å². The summed E-state index contributed by atoms with van der Waals surface area (Å²) < 4.78 is 43.6. The van der Waals surface area contributed by atoms with Crippen LogP contribution in [0.3, 0.4) is 0 Å². The van der Waals surface area contributed by atoms with Crippen molar-refractivity contribution in [3.05, 3.63) is 65.6 Å². The van der Waals surface area contributed by atoms with Crippen molar-refractivity contribution in [3.63, 3.8) is 0 Å². The SMILES string of the molecule is CC1(C)C(=O)NCCN1Cc1cc(C(N)=O)nc(-c2ccc(Oc3ccc(C(F)(F)F)cn3)cc2)n1. The Kier molecular flexibility index (Phi) is 6.63. The lowest BCUT2D eigenvalue weighted by atomic mass is 9.98. The molecule has 1 saturated heterocycles. The summed E-state index contributed by atoms with van der Waals surface area (Å²) in [4.78, 5) is 38.6. The van der Waals surface area contributed by atoms with Crippen LogP contribution in [0.1, 0.15) is 35.6 Å². The van der Waals surface area contributed by atoms with Crippen molar-refractivity contribution in [2.24, 2.45) is 5.73 Å². The van der Waals surface area contributed by atoms with Gasteiger partial charge in [0.25, 0.3) is 5.91 Å². The molecule has 0 bridgehead atoms. The highest BCUT2D eigenvalue weighted by Crippen LogP contribution is 2.30. The fourth-order valence-electron chi connectivity index (χ4n) is 3.65. The van der Waals surface area contributed by atoms with Crippen molar-refractivity contribution in [1.82, 2.24) is 25.2 Å². The molecule has 0 radical (unpaired) electrons. The summed E-state index contributed by atoms with van der Waals surface area (Å²) in [7, 11) is 0. The van der Waals surface area contributed by atoms with Crippen molar-refractivity contribution >= 4 is 11.8 Å². The van der Waals surface area contributed by atoms with Crippen molar-refractivity contribution in [1.29, 1.82) is 0 Å². The number of hydrogen-bond donors (Lipinski definition) is 2. The molecule has 2 amide bonds. The number of alkyl halides is 3. The number of nitrogens with zero attached hydrogens (tertiary/aromatic N) is 4. The monoisotopic (exact) mass is 500 g/mol. The first-order chi connectivity index (χ1) is 16.9. The van der Waals surface area contributed by atoms with Crippen LogP contribution in [0.2, 0.25) is 0 Å². The number of nitrogens with two attached hydrogens (primary N) is 1. The maximum atomic E-state index is 12.7. The Morgan fingerprint density at radius 2 is 1.89 bits per heavy atom. The van der Waals surface area contributed by atoms with Gasteiger partial charge in [-0.1, -0.05) is 0 Å².